The number of hydrogen-bond acceptors (Lipinski definition) is 4. The number of H-pyrrole nitrogens is 1. The van der Waals surface area contributed by atoms with E-state index in [9.17, 15) is 4.79 Å². The third-order valence-corrected chi connectivity index (χ3v) is 6.03. The van der Waals surface area contributed by atoms with Gasteiger partial charge in [0.1, 0.15) is 11.1 Å². The fourth-order valence-electron chi connectivity index (χ4n) is 5.00. The maximum atomic E-state index is 11.5. The van der Waals surface area contributed by atoms with Gasteiger partial charge in [-0.25, -0.2) is 0 Å². The minimum Gasteiger partial charge on any atom is -0.369 e. The Morgan fingerprint density at radius 1 is 1.21 bits per heavy atom. The number of nitrogens with zero attached hydrogens (tertiary/aromatic N) is 1. The standard InChI is InChI=1S/C14H17N3OS/c15-7-11-12(18)17-19-13(11)16-14-4-8-1-9(5-14)3-10(2-8)6-14/h8-10,16H,1-6H2,(H,17,18). The fraction of sp³-hybridized carbons (Fsp3) is 0.714. The lowest BCUT2D eigenvalue weighted by atomic mass is 9.53. The summed E-state index contributed by atoms with van der Waals surface area (Å²) in [5.74, 6) is 2.58. The van der Waals surface area contributed by atoms with Crippen LogP contribution < -0.4 is 10.9 Å². The highest BCUT2D eigenvalue weighted by molar-refractivity contribution is 7.10. The molecule has 0 atom stereocenters. The molecular formula is C14H17N3OS. The number of aromatic amines is 1. The Morgan fingerprint density at radius 2 is 1.79 bits per heavy atom. The topological polar surface area (TPSA) is 68.7 Å². The number of nitrogens with one attached hydrogen (secondary N) is 2. The molecule has 100 valence electrons. The van der Waals surface area contributed by atoms with Crippen LogP contribution in [0.2, 0.25) is 0 Å². The first-order valence-electron chi connectivity index (χ1n) is 7.07. The Hall–Kier alpha value is -1.28. The van der Waals surface area contributed by atoms with Crippen molar-refractivity contribution in [1.29, 1.82) is 5.26 Å². The molecule has 0 unspecified atom stereocenters. The van der Waals surface area contributed by atoms with Crippen molar-refractivity contribution >= 4 is 16.5 Å². The Kier molecular flexibility index (Phi) is 2.34. The van der Waals surface area contributed by atoms with Gasteiger partial charge in [-0.05, 0) is 67.8 Å². The van der Waals surface area contributed by atoms with Crippen molar-refractivity contribution < 1.29 is 0 Å². The van der Waals surface area contributed by atoms with Crippen LogP contribution in [0.25, 0.3) is 0 Å². The van der Waals surface area contributed by atoms with E-state index in [1.165, 1.54) is 50.1 Å². The number of anilines is 1. The van der Waals surface area contributed by atoms with Crippen LogP contribution in [0.5, 0.6) is 0 Å². The summed E-state index contributed by atoms with van der Waals surface area (Å²) < 4.78 is 2.67. The number of nitriles is 1. The molecule has 4 aliphatic rings. The quantitative estimate of drug-likeness (QED) is 0.872. The van der Waals surface area contributed by atoms with E-state index in [0.717, 1.165) is 22.8 Å². The van der Waals surface area contributed by atoms with Crippen LogP contribution in [0.1, 0.15) is 44.1 Å². The molecule has 2 N–H and O–H groups in total. The summed E-state index contributed by atoms with van der Waals surface area (Å²) in [4.78, 5) is 11.5. The number of hydrogen-bond donors (Lipinski definition) is 2. The molecule has 0 saturated heterocycles. The van der Waals surface area contributed by atoms with Gasteiger partial charge >= 0.3 is 0 Å². The van der Waals surface area contributed by atoms with Crippen molar-refractivity contribution in [3.63, 3.8) is 0 Å². The van der Waals surface area contributed by atoms with E-state index >= 15 is 0 Å². The van der Waals surface area contributed by atoms with Crippen LogP contribution in [0, 0.1) is 29.1 Å². The molecule has 4 aliphatic carbocycles. The lowest BCUT2D eigenvalue weighted by Crippen LogP contribution is -2.54. The molecule has 0 aliphatic heterocycles. The van der Waals surface area contributed by atoms with Gasteiger partial charge in [-0.15, -0.1) is 0 Å². The molecule has 5 rings (SSSR count). The molecule has 0 radical (unpaired) electrons. The summed E-state index contributed by atoms with van der Waals surface area (Å²) >= 11 is 1.28. The monoisotopic (exact) mass is 275 g/mol. The molecule has 19 heavy (non-hydrogen) atoms. The SMILES string of the molecule is N#Cc1c(NC23CC4CC(CC(C4)C2)C3)s[nH]c1=O. The summed E-state index contributed by atoms with van der Waals surface area (Å²) in [6.45, 7) is 0. The molecule has 1 aromatic rings. The van der Waals surface area contributed by atoms with Gasteiger partial charge in [0.05, 0.1) is 0 Å². The molecule has 0 amide bonds. The van der Waals surface area contributed by atoms with Gasteiger partial charge < -0.3 is 5.32 Å². The molecule has 4 fully saturated rings. The predicted molar refractivity (Wildman–Crippen MR) is 74.2 cm³/mol. The van der Waals surface area contributed by atoms with Gasteiger partial charge in [0.2, 0.25) is 0 Å². The lowest BCUT2D eigenvalue weighted by Gasteiger charge is -2.57. The molecule has 4 nitrogen and oxygen atoms in total. The van der Waals surface area contributed by atoms with Crippen LogP contribution in [-0.4, -0.2) is 9.91 Å². The normalized spacial score (nSPS) is 39.2. The van der Waals surface area contributed by atoms with Crippen LogP contribution in [0.4, 0.5) is 5.00 Å². The summed E-state index contributed by atoms with van der Waals surface area (Å²) in [5.41, 5.74) is 0.173. The summed E-state index contributed by atoms with van der Waals surface area (Å²) in [5, 5.41) is 13.4. The van der Waals surface area contributed by atoms with Gasteiger partial charge in [0, 0.05) is 5.54 Å². The van der Waals surface area contributed by atoms with Crippen molar-refractivity contribution in [2.75, 3.05) is 5.32 Å². The van der Waals surface area contributed by atoms with Crippen LogP contribution >= 0.6 is 11.5 Å². The second kappa shape index (κ2) is 3.86. The van der Waals surface area contributed by atoms with E-state index < -0.39 is 0 Å². The number of rotatable bonds is 2. The van der Waals surface area contributed by atoms with E-state index in [-0.39, 0.29) is 16.7 Å². The average Bonchev–Trinajstić information content (AvgIpc) is 2.67. The zero-order valence-corrected chi connectivity index (χ0v) is 11.6. The Bertz CT molecular complexity index is 574. The van der Waals surface area contributed by atoms with Crippen molar-refractivity contribution in [3.8, 4) is 6.07 Å². The largest absolute Gasteiger partial charge is 0.369 e. The molecule has 4 saturated carbocycles. The van der Waals surface area contributed by atoms with Gasteiger partial charge in [-0.1, -0.05) is 0 Å². The minimum atomic E-state index is -0.250. The molecule has 5 heteroatoms. The summed E-state index contributed by atoms with van der Waals surface area (Å²) in [6, 6.07) is 2.03. The van der Waals surface area contributed by atoms with E-state index in [2.05, 4.69) is 9.69 Å². The third-order valence-electron chi connectivity index (χ3n) is 5.23. The van der Waals surface area contributed by atoms with Gasteiger partial charge in [-0.2, -0.15) is 5.26 Å². The maximum absolute atomic E-state index is 11.5. The van der Waals surface area contributed by atoms with E-state index in [4.69, 9.17) is 5.26 Å². The predicted octanol–water partition coefficient (Wildman–Crippen LogP) is 2.69. The highest BCUT2D eigenvalue weighted by Gasteiger charge is 2.51. The van der Waals surface area contributed by atoms with Gasteiger partial charge in [0.25, 0.3) is 5.56 Å². The Labute approximate surface area is 116 Å². The first-order valence-corrected chi connectivity index (χ1v) is 7.89. The zero-order chi connectivity index (χ0) is 13.0. The zero-order valence-electron chi connectivity index (χ0n) is 10.7. The van der Waals surface area contributed by atoms with Crippen LogP contribution in [-0.2, 0) is 0 Å². The Balaban J connectivity index is 1.66. The molecule has 4 bridgehead atoms. The third kappa shape index (κ3) is 1.73. The summed E-state index contributed by atoms with van der Waals surface area (Å²) in [6.07, 6.45) is 7.85. The second-order valence-corrected chi connectivity index (χ2v) is 7.49. The lowest BCUT2D eigenvalue weighted by molar-refractivity contribution is 0.0108. The van der Waals surface area contributed by atoms with Crippen LogP contribution in [0.15, 0.2) is 4.79 Å². The van der Waals surface area contributed by atoms with Crippen molar-refractivity contribution in [3.05, 3.63) is 15.9 Å². The second-order valence-electron chi connectivity index (χ2n) is 6.67. The van der Waals surface area contributed by atoms with Gasteiger partial charge in [-0.3, -0.25) is 9.17 Å². The first-order chi connectivity index (χ1) is 9.17. The van der Waals surface area contributed by atoms with E-state index in [0.29, 0.717) is 0 Å². The molecule has 0 aromatic carbocycles. The highest BCUT2D eigenvalue weighted by atomic mass is 32.1. The average molecular weight is 275 g/mol. The smallest absolute Gasteiger partial charge is 0.278 e. The van der Waals surface area contributed by atoms with Gasteiger partial charge in [0.15, 0.2) is 5.56 Å². The first kappa shape index (κ1) is 11.5. The number of aromatic nitrogens is 1. The van der Waals surface area contributed by atoms with Crippen molar-refractivity contribution in [2.24, 2.45) is 17.8 Å². The highest BCUT2D eigenvalue weighted by Crippen LogP contribution is 2.56. The Morgan fingerprint density at radius 3 is 2.32 bits per heavy atom. The van der Waals surface area contributed by atoms with E-state index in [1.807, 2.05) is 6.07 Å². The molecule has 1 aromatic heterocycles. The molecule has 1 heterocycles. The maximum Gasteiger partial charge on any atom is 0.278 e. The summed E-state index contributed by atoms with van der Waals surface area (Å²) in [7, 11) is 0. The fourth-order valence-corrected chi connectivity index (χ4v) is 5.80. The molecular weight excluding hydrogens is 258 g/mol. The molecule has 0 spiro atoms. The minimum absolute atomic E-state index is 0.158. The van der Waals surface area contributed by atoms with Crippen LogP contribution in [0.3, 0.4) is 0 Å². The van der Waals surface area contributed by atoms with Crippen molar-refractivity contribution in [1.82, 2.24) is 4.37 Å². The van der Waals surface area contributed by atoms with Crippen molar-refractivity contribution in [2.45, 2.75) is 44.1 Å². The van der Waals surface area contributed by atoms with E-state index in [1.54, 1.807) is 0 Å².